The Balaban J connectivity index is 1.70. The largest absolute Gasteiger partial charge is 0.461 e. The fraction of sp³-hybridized carbons (Fsp3) is 0.233. The number of nitrogens with one attached hydrogen (secondary N) is 1. The van der Waals surface area contributed by atoms with Crippen LogP contribution in [0.1, 0.15) is 49.3 Å². The van der Waals surface area contributed by atoms with Gasteiger partial charge in [0.1, 0.15) is 11.5 Å². The maximum Gasteiger partial charge on any atom is 0.163 e. The molecule has 3 nitrogen and oxygen atoms in total. The number of carbonyl (C=O) groups excluding carboxylic acids is 1. The number of aromatic amines is 1. The predicted octanol–water partition coefficient (Wildman–Crippen LogP) is 7.31. The van der Waals surface area contributed by atoms with Gasteiger partial charge in [-0.1, -0.05) is 80.1 Å². The van der Waals surface area contributed by atoms with Gasteiger partial charge in [-0.25, -0.2) is 0 Å². The Bertz CT molecular complexity index is 1440. The number of ether oxygens (including phenoxy) is 1. The molecule has 1 atom stereocenters. The third kappa shape index (κ3) is 3.22. The molecular weight excluding hydrogens is 406 g/mol. The summed E-state index contributed by atoms with van der Waals surface area (Å²) < 4.78 is 6.43. The highest BCUT2D eigenvalue weighted by atomic mass is 16.5. The minimum absolute atomic E-state index is 0.106. The van der Waals surface area contributed by atoms with Crippen LogP contribution in [0.15, 0.2) is 84.1 Å². The average Bonchev–Trinajstić information content (AvgIpc) is 3.17. The molecule has 0 saturated heterocycles. The zero-order chi connectivity index (χ0) is 22.7. The van der Waals surface area contributed by atoms with Crippen LogP contribution in [0.5, 0.6) is 5.75 Å². The van der Waals surface area contributed by atoms with Gasteiger partial charge in [0.25, 0.3) is 0 Å². The molecule has 33 heavy (non-hydrogen) atoms. The summed E-state index contributed by atoms with van der Waals surface area (Å²) in [6.45, 7) is 6.40. The van der Waals surface area contributed by atoms with E-state index in [2.05, 4.69) is 92.5 Å². The molecule has 1 aliphatic heterocycles. The van der Waals surface area contributed by atoms with Crippen molar-refractivity contribution in [1.82, 2.24) is 4.98 Å². The summed E-state index contributed by atoms with van der Waals surface area (Å²) in [6, 6.07) is 25.2. The molecule has 1 aliphatic carbocycles. The number of hydrogen-bond donors (Lipinski definition) is 1. The van der Waals surface area contributed by atoms with E-state index in [0.29, 0.717) is 6.42 Å². The number of allylic oxidation sites excluding steroid dienone is 2. The maximum absolute atomic E-state index is 13.7. The van der Waals surface area contributed by atoms with E-state index >= 15 is 0 Å². The van der Waals surface area contributed by atoms with Gasteiger partial charge in [0.15, 0.2) is 5.78 Å². The van der Waals surface area contributed by atoms with Gasteiger partial charge in [0.2, 0.25) is 0 Å². The number of fused-ring (bicyclic) bond motifs is 2. The minimum Gasteiger partial charge on any atom is -0.461 e. The number of aromatic nitrogens is 1. The highest BCUT2D eigenvalue weighted by molar-refractivity contribution is 6.03. The number of Topliss-reactive ketones (excluding diaryl/α,β-unsaturated/α-hetero) is 1. The molecule has 1 aromatic heterocycles. The van der Waals surface area contributed by atoms with Crippen LogP contribution in [0.4, 0.5) is 0 Å². The normalized spacial score (nSPS) is 19.2. The topological polar surface area (TPSA) is 42.1 Å². The third-order valence-electron chi connectivity index (χ3n) is 6.97. The van der Waals surface area contributed by atoms with Crippen molar-refractivity contribution < 1.29 is 9.53 Å². The van der Waals surface area contributed by atoms with Crippen molar-refractivity contribution in [3.8, 4) is 17.0 Å². The van der Waals surface area contributed by atoms with Gasteiger partial charge in [-0.3, -0.25) is 4.79 Å². The first-order chi connectivity index (χ1) is 15.9. The van der Waals surface area contributed by atoms with Crippen LogP contribution in [-0.2, 0) is 4.79 Å². The Morgan fingerprint density at radius 2 is 1.70 bits per heavy atom. The summed E-state index contributed by atoms with van der Waals surface area (Å²) in [4.78, 5) is 17.4. The molecular formula is C30H27NO2. The number of hydrogen-bond acceptors (Lipinski definition) is 2. The predicted molar refractivity (Wildman–Crippen MR) is 132 cm³/mol. The van der Waals surface area contributed by atoms with Crippen molar-refractivity contribution in [1.29, 1.82) is 0 Å². The Kier molecular flexibility index (Phi) is 4.38. The second-order valence-corrected chi connectivity index (χ2v) is 10.2. The molecule has 4 aromatic rings. The average molecular weight is 434 g/mol. The summed E-state index contributed by atoms with van der Waals surface area (Å²) in [7, 11) is 0. The lowest BCUT2D eigenvalue weighted by Crippen LogP contribution is -2.33. The van der Waals surface area contributed by atoms with E-state index < -0.39 is 0 Å². The SMILES string of the molecule is Cc1ccc2c(c1)C(c1c(-c3ccccc3)[nH]c3ccccc13)C1=C(CC(C)(C)CC1=O)O2. The van der Waals surface area contributed by atoms with E-state index in [-0.39, 0.29) is 17.1 Å². The number of aryl methyl sites for hydroxylation is 1. The van der Waals surface area contributed by atoms with Crippen molar-refractivity contribution in [2.75, 3.05) is 0 Å². The molecule has 0 fully saturated rings. The molecule has 0 saturated carbocycles. The fourth-order valence-corrected chi connectivity index (χ4v) is 5.56. The molecule has 3 aromatic carbocycles. The highest BCUT2D eigenvalue weighted by Crippen LogP contribution is 2.53. The molecule has 6 rings (SSSR count). The van der Waals surface area contributed by atoms with Gasteiger partial charge >= 0.3 is 0 Å². The highest BCUT2D eigenvalue weighted by Gasteiger charge is 2.43. The van der Waals surface area contributed by atoms with Crippen LogP contribution in [0.25, 0.3) is 22.2 Å². The van der Waals surface area contributed by atoms with Crippen molar-refractivity contribution in [3.05, 3.63) is 101 Å². The summed E-state index contributed by atoms with van der Waals surface area (Å²) in [5, 5.41) is 1.15. The molecule has 2 aliphatic rings. The van der Waals surface area contributed by atoms with Crippen LogP contribution < -0.4 is 4.74 Å². The van der Waals surface area contributed by atoms with Crippen LogP contribution in [0.2, 0.25) is 0 Å². The van der Waals surface area contributed by atoms with Gasteiger partial charge in [-0.15, -0.1) is 0 Å². The van der Waals surface area contributed by atoms with Gasteiger partial charge in [-0.05, 0) is 35.6 Å². The van der Waals surface area contributed by atoms with Crippen LogP contribution in [0, 0.1) is 12.3 Å². The first kappa shape index (κ1) is 20.0. The van der Waals surface area contributed by atoms with Crippen LogP contribution in [0.3, 0.4) is 0 Å². The standard InChI is InChI=1S/C30H27NO2/c1-18-13-14-24-21(15-18)26(28-23(32)16-30(2,3)17-25(28)33-24)27-20-11-7-8-12-22(20)31-29(27)19-9-5-4-6-10-19/h4-15,26,31H,16-17H2,1-3H3. The summed E-state index contributed by atoms with van der Waals surface area (Å²) in [6.07, 6.45) is 1.30. The van der Waals surface area contributed by atoms with Gasteiger partial charge in [-0.2, -0.15) is 0 Å². The van der Waals surface area contributed by atoms with Crippen LogP contribution in [-0.4, -0.2) is 10.8 Å². The second kappa shape index (κ2) is 7.21. The third-order valence-corrected chi connectivity index (χ3v) is 6.97. The van der Waals surface area contributed by atoms with Gasteiger partial charge < -0.3 is 9.72 Å². The minimum atomic E-state index is -0.168. The molecule has 1 unspecified atom stereocenters. The number of para-hydroxylation sites is 1. The van der Waals surface area contributed by atoms with E-state index in [1.54, 1.807) is 0 Å². The smallest absolute Gasteiger partial charge is 0.163 e. The number of H-pyrrole nitrogens is 1. The lowest BCUT2D eigenvalue weighted by atomic mass is 9.69. The zero-order valence-corrected chi connectivity index (χ0v) is 19.2. The number of ketones is 1. The first-order valence-electron chi connectivity index (χ1n) is 11.6. The Morgan fingerprint density at radius 3 is 2.52 bits per heavy atom. The number of benzene rings is 3. The van der Waals surface area contributed by atoms with Crippen LogP contribution >= 0.6 is 0 Å². The van der Waals surface area contributed by atoms with Gasteiger partial charge in [0.05, 0.1) is 5.69 Å². The molecule has 0 spiro atoms. The molecule has 1 N–H and O–H groups in total. The van der Waals surface area contributed by atoms with E-state index in [1.165, 1.54) is 0 Å². The lowest BCUT2D eigenvalue weighted by molar-refractivity contribution is -0.118. The molecule has 0 radical (unpaired) electrons. The molecule has 3 heteroatoms. The molecule has 0 amide bonds. The van der Waals surface area contributed by atoms with Crippen molar-refractivity contribution in [2.24, 2.45) is 5.41 Å². The Morgan fingerprint density at radius 1 is 0.939 bits per heavy atom. The number of rotatable bonds is 2. The summed E-state index contributed by atoms with van der Waals surface area (Å²) in [5.74, 6) is 1.72. The molecule has 0 bridgehead atoms. The summed E-state index contributed by atoms with van der Waals surface area (Å²) in [5.41, 5.74) is 7.39. The van der Waals surface area contributed by atoms with E-state index in [4.69, 9.17) is 4.74 Å². The van der Waals surface area contributed by atoms with Crippen molar-refractivity contribution >= 4 is 16.7 Å². The number of carbonyl (C=O) groups is 1. The molecule has 164 valence electrons. The van der Waals surface area contributed by atoms with E-state index in [1.807, 2.05) is 6.07 Å². The fourth-order valence-electron chi connectivity index (χ4n) is 5.56. The van der Waals surface area contributed by atoms with E-state index in [9.17, 15) is 4.79 Å². The van der Waals surface area contributed by atoms with Crippen molar-refractivity contribution in [2.45, 2.75) is 39.5 Å². The maximum atomic E-state index is 13.7. The Labute approximate surface area is 194 Å². The van der Waals surface area contributed by atoms with E-state index in [0.717, 1.165) is 62.4 Å². The quantitative estimate of drug-likeness (QED) is 0.360. The van der Waals surface area contributed by atoms with Crippen molar-refractivity contribution in [3.63, 3.8) is 0 Å². The monoisotopic (exact) mass is 433 g/mol. The second-order valence-electron chi connectivity index (χ2n) is 10.2. The first-order valence-corrected chi connectivity index (χ1v) is 11.6. The Hall–Kier alpha value is -3.59. The summed E-state index contributed by atoms with van der Waals surface area (Å²) >= 11 is 0. The molecule has 2 heterocycles. The van der Waals surface area contributed by atoms with Gasteiger partial charge in [0, 0.05) is 40.8 Å². The lowest BCUT2D eigenvalue weighted by Gasteiger charge is -2.38. The zero-order valence-electron chi connectivity index (χ0n) is 19.2.